The number of nitro benzene ring substituents is 1. The maximum absolute atomic E-state index is 12.3. The molecule has 0 aliphatic rings. The van der Waals surface area contributed by atoms with Crippen LogP contribution >= 0.6 is 0 Å². The third-order valence-electron chi connectivity index (χ3n) is 4.85. The van der Waals surface area contributed by atoms with Crippen molar-refractivity contribution in [3.8, 4) is 11.5 Å². The monoisotopic (exact) mass is 391 g/mol. The lowest BCUT2D eigenvalue weighted by Gasteiger charge is -2.13. The number of aryl methyl sites for hydroxylation is 1. The Morgan fingerprint density at radius 2 is 1.72 bits per heavy atom. The van der Waals surface area contributed by atoms with Gasteiger partial charge in [0.2, 0.25) is 0 Å². The minimum Gasteiger partial charge on any atom is -0.496 e. The molecule has 0 saturated carbocycles. The van der Waals surface area contributed by atoms with Crippen LogP contribution in [-0.2, 0) is 6.61 Å². The summed E-state index contributed by atoms with van der Waals surface area (Å²) in [7, 11) is 1.49. The van der Waals surface area contributed by atoms with E-state index in [4.69, 9.17) is 13.9 Å². The highest BCUT2D eigenvalue weighted by Gasteiger charge is 2.15. The molecule has 0 amide bonds. The van der Waals surface area contributed by atoms with Gasteiger partial charge in [-0.2, -0.15) is 0 Å². The van der Waals surface area contributed by atoms with E-state index in [1.54, 1.807) is 25.1 Å². The zero-order valence-electron chi connectivity index (χ0n) is 15.8. The van der Waals surface area contributed by atoms with Gasteiger partial charge < -0.3 is 13.9 Å². The molecule has 0 fully saturated rings. The Morgan fingerprint density at radius 1 is 1.00 bits per heavy atom. The van der Waals surface area contributed by atoms with Gasteiger partial charge in [-0.15, -0.1) is 0 Å². The zero-order chi connectivity index (χ0) is 20.5. The molecule has 0 unspecified atom stereocenters. The SMILES string of the molecule is COc1ccc([N+](=O)[O-])cc1COc1ccc2c(oc(=O)c3ccccc32)c1C. The second-order valence-corrected chi connectivity index (χ2v) is 6.54. The zero-order valence-corrected chi connectivity index (χ0v) is 15.8. The first-order valence-corrected chi connectivity index (χ1v) is 8.89. The number of hydrogen-bond acceptors (Lipinski definition) is 6. The molecule has 0 atom stereocenters. The molecule has 0 aliphatic heterocycles. The van der Waals surface area contributed by atoms with Gasteiger partial charge in [-0.1, -0.05) is 18.2 Å². The fourth-order valence-electron chi connectivity index (χ4n) is 3.36. The molecule has 3 aromatic carbocycles. The van der Waals surface area contributed by atoms with E-state index < -0.39 is 10.5 Å². The molecule has 0 saturated heterocycles. The molecule has 4 aromatic rings. The van der Waals surface area contributed by atoms with Crippen LogP contribution in [0.5, 0.6) is 11.5 Å². The average molecular weight is 391 g/mol. The Morgan fingerprint density at radius 3 is 2.45 bits per heavy atom. The number of non-ortho nitro benzene ring substituents is 1. The Kier molecular flexibility index (Phi) is 4.64. The van der Waals surface area contributed by atoms with Crippen LogP contribution in [0.1, 0.15) is 11.1 Å². The van der Waals surface area contributed by atoms with Crippen molar-refractivity contribution >= 4 is 27.4 Å². The van der Waals surface area contributed by atoms with E-state index in [9.17, 15) is 14.9 Å². The van der Waals surface area contributed by atoms with Crippen molar-refractivity contribution in [2.24, 2.45) is 0 Å². The molecule has 146 valence electrons. The number of rotatable bonds is 5. The number of benzene rings is 3. The Labute approximate surface area is 165 Å². The van der Waals surface area contributed by atoms with Gasteiger partial charge >= 0.3 is 5.63 Å². The summed E-state index contributed by atoms with van der Waals surface area (Å²) in [6, 6.07) is 15.2. The van der Waals surface area contributed by atoms with Crippen LogP contribution in [0.15, 0.2) is 63.8 Å². The first-order chi connectivity index (χ1) is 14.0. The number of hydrogen-bond donors (Lipinski definition) is 0. The number of ether oxygens (including phenoxy) is 2. The molecule has 4 rings (SSSR count). The summed E-state index contributed by atoms with van der Waals surface area (Å²) in [4.78, 5) is 22.9. The molecule has 1 aromatic heterocycles. The summed E-state index contributed by atoms with van der Waals surface area (Å²) in [5.41, 5.74) is 1.22. The number of fused-ring (bicyclic) bond motifs is 3. The maximum atomic E-state index is 12.3. The van der Waals surface area contributed by atoms with Crippen LogP contribution in [0.4, 0.5) is 5.69 Å². The van der Waals surface area contributed by atoms with Crippen LogP contribution < -0.4 is 15.1 Å². The Balaban J connectivity index is 1.74. The third-order valence-corrected chi connectivity index (χ3v) is 4.85. The lowest BCUT2D eigenvalue weighted by Crippen LogP contribution is -2.03. The summed E-state index contributed by atoms with van der Waals surface area (Å²) in [6.45, 7) is 1.87. The van der Waals surface area contributed by atoms with Gasteiger partial charge in [-0.3, -0.25) is 10.1 Å². The predicted octanol–water partition coefficient (Wildman–Crippen LogP) is 4.75. The summed E-state index contributed by atoms with van der Waals surface area (Å²) in [6.07, 6.45) is 0. The van der Waals surface area contributed by atoms with Crippen LogP contribution in [0.2, 0.25) is 0 Å². The highest BCUT2D eigenvalue weighted by atomic mass is 16.6. The summed E-state index contributed by atoms with van der Waals surface area (Å²) in [5, 5.41) is 13.2. The van der Waals surface area contributed by atoms with Gasteiger partial charge in [0.25, 0.3) is 5.69 Å². The number of nitrogens with zero attached hydrogens (tertiary/aromatic N) is 1. The number of methoxy groups -OCH3 is 1. The first-order valence-electron chi connectivity index (χ1n) is 8.89. The van der Waals surface area contributed by atoms with Crippen molar-refractivity contribution < 1.29 is 18.8 Å². The minimum atomic E-state index is -0.468. The fourth-order valence-corrected chi connectivity index (χ4v) is 3.36. The van der Waals surface area contributed by atoms with E-state index >= 15 is 0 Å². The lowest BCUT2D eigenvalue weighted by atomic mass is 10.0. The van der Waals surface area contributed by atoms with Crippen LogP contribution in [0.25, 0.3) is 21.7 Å². The second kappa shape index (κ2) is 7.27. The predicted molar refractivity (Wildman–Crippen MR) is 109 cm³/mol. The topological polar surface area (TPSA) is 91.8 Å². The number of nitro groups is 1. The van der Waals surface area contributed by atoms with Crippen molar-refractivity contribution in [2.75, 3.05) is 7.11 Å². The second-order valence-electron chi connectivity index (χ2n) is 6.54. The minimum absolute atomic E-state index is 0.0444. The smallest absolute Gasteiger partial charge is 0.344 e. The molecular formula is C22H17NO6. The molecule has 7 heteroatoms. The van der Waals surface area contributed by atoms with Gasteiger partial charge in [0.05, 0.1) is 17.4 Å². The van der Waals surface area contributed by atoms with Crippen molar-refractivity contribution in [3.05, 3.63) is 86.3 Å². The average Bonchev–Trinajstić information content (AvgIpc) is 2.73. The molecule has 0 bridgehead atoms. The molecule has 0 aliphatic carbocycles. The Bertz CT molecular complexity index is 1310. The standard InChI is InChI=1S/C22H17NO6/c1-13-19(28-12-14-11-15(23(25)26)7-9-20(14)27-2)10-8-17-16-5-3-4-6-18(16)22(24)29-21(13)17/h3-11H,12H2,1-2H3. The van der Waals surface area contributed by atoms with E-state index in [0.717, 1.165) is 10.8 Å². The van der Waals surface area contributed by atoms with Gasteiger partial charge in [0.1, 0.15) is 23.7 Å². The van der Waals surface area contributed by atoms with Crippen molar-refractivity contribution in [3.63, 3.8) is 0 Å². The van der Waals surface area contributed by atoms with Gasteiger partial charge in [0, 0.05) is 28.6 Å². The molecule has 7 nitrogen and oxygen atoms in total. The molecular weight excluding hydrogens is 374 g/mol. The van der Waals surface area contributed by atoms with Gasteiger partial charge in [-0.05, 0) is 36.6 Å². The third kappa shape index (κ3) is 3.27. The normalized spacial score (nSPS) is 11.0. The summed E-state index contributed by atoms with van der Waals surface area (Å²) >= 11 is 0. The van der Waals surface area contributed by atoms with Crippen LogP contribution in [0, 0.1) is 17.0 Å². The van der Waals surface area contributed by atoms with Crippen molar-refractivity contribution in [1.82, 2.24) is 0 Å². The van der Waals surface area contributed by atoms with E-state index in [1.807, 2.05) is 18.2 Å². The highest BCUT2D eigenvalue weighted by molar-refractivity contribution is 6.05. The van der Waals surface area contributed by atoms with Crippen molar-refractivity contribution in [2.45, 2.75) is 13.5 Å². The van der Waals surface area contributed by atoms with Crippen LogP contribution in [0.3, 0.4) is 0 Å². The van der Waals surface area contributed by atoms with Gasteiger partial charge in [-0.25, -0.2) is 4.79 Å². The van der Waals surface area contributed by atoms with E-state index in [-0.39, 0.29) is 12.3 Å². The summed E-state index contributed by atoms with van der Waals surface area (Å²) < 4.78 is 16.7. The molecule has 0 N–H and O–H groups in total. The van der Waals surface area contributed by atoms with E-state index in [1.165, 1.54) is 25.3 Å². The fraction of sp³-hybridized carbons (Fsp3) is 0.136. The molecule has 0 spiro atoms. The van der Waals surface area contributed by atoms with E-state index in [0.29, 0.717) is 33.6 Å². The highest BCUT2D eigenvalue weighted by Crippen LogP contribution is 2.32. The molecule has 0 radical (unpaired) electrons. The lowest BCUT2D eigenvalue weighted by molar-refractivity contribution is -0.385. The van der Waals surface area contributed by atoms with E-state index in [2.05, 4.69) is 0 Å². The molecule has 29 heavy (non-hydrogen) atoms. The largest absolute Gasteiger partial charge is 0.496 e. The van der Waals surface area contributed by atoms with Crippen LogP contribution in [-0.4, -0.2) is 12.0 Å². The first kappa shape index (κ1) is 18.5. The molecule has 1 heterocycles. The quantitative estimate of drug-likeness (QED) is 0.211. The van der Waals surface area contributed by atoms with Crippen molar-refractivity contribution in [1.29, 1.82) is 0 Å². The maximum Gasteiger partial charge on any atom is 0.344 e. The van der Waals surface area contributed by atoms with Gasteiger partial charge in [0.15, 0.2) is 0 Å². The Hall–Kier alpha value is -3.87. The summed E-state index contributed by atoms with van der Waals surface area (Å²) in [5.74, 6) is 1.01.